The van der Waals surface area contributed by atoms with Crippen molar-refractivity contribution in [3.05, 3.63) is 0 Å². The fraction of sp³-hybridized carbons (Fsp3) is 0.750. The Morgan fingerprint density at radius 2 is 1.00 bits per heavy atom. The Balaban J connectivity index is -0.000000120. The maximum atomic E-state index is 9.70. The van der Waals surface area contributed by atoms with E-state index < -0.39 is 0 Å². The molecule has 2 N–H and O–H groups in total. The number of carbonyl (C=O) groups is 2. The van der Waals surface area contributed by atoms with Crippen LogP contribution < -0.4 is 10.6 Å². The molecule has 0 aliphatic heterocycles. The lowest BCUT2D eigenvalue weighted by Gasteiger charge is -1.80. The maximum Gasteiger partial charge on any atom is 0.216 e. The zero-order valence-electron chi connectivity index (χ0n) is 9.22. The normalized spacial score (nSPS) is 6.62. The third-order valence-electron chi connectivity index (χ3n) is 0.704. The van der Waals surface area contributed by atoms with Gasteiger partial charge in [-0.2, -0.15) is 0 Å². The first-order valence-electron chi connectivity index (χ1n) is 3.72. The maximum absolute atomic E-state index is 9.70. The molecule has 0 fully saturated rings. The number of hydrogen-bond donors (Lipinski definition) is 2. The second-order valence-electron chi connectivity index (χ2n) is 2.02. The van der Waals surface area contributed by atoms with Crippen LogP contribution in [0.4, 0.5) is 0 Å². The quantitative estimate of drug-likeness (QED) is 0.557. The molecule has 0 spiro atoms. The van der Waals surface area contributed by atoms with Crippen LogP contribution >= 0.6 is 0 Å². The van der Waals surface area contributed by atoms with Crippen LogP contribution in [0.15, 0.2) is 0 Å². The van der Waals surface area contributed by atoms with E-state index >= 15 is 0 Å². The van der Waals surface area contributed by atoms with Crippen molar-refractivity contribution in [3.8, 4) is 0 Å². The molecule has 0 aromatic carbocycles. The molecule has 0 atom stereocenters. The SMILES string of the molecule is CNC(C)=O.CNC(C)=O.COC. The van der Waals surface area contributed by atoms with Crippen LogP contribution in [-0.2, 0) is 14.3 Å². The number of amides is 2. The van der Waals surface area contributed by atoms with Crippen LogP contribution in [-0.4, -0.2) is 40.1 Å². The van der Waals surface area contributed by atoms with E-state index in [1.54, 1.807) is 28.3 Å². The molecule has 0 radical (unpaired) electrons. The molecule has 13 heavy (non-hydrogen) atoms. The average molecular weight is 192 g/mol. The minimum absolute atomic E-state index is 0.00463. The van der Waals surface area contributed by atoms with Crippen molar-refractivity contribution in [2.24, 2.45) is 0 Å². The molecule has 5 nitrogen and oxygen atoms in total. The van der Waals surface area contributed by atoms with Crippen molar-refractivity contribution in [2.75, 3.05) is 28.3 Å². The molecule has 0 unspecified atom stereocenters. The van der Waals surface area contributed by atoms with Gasteiger partial charge in [-0.25, -0.2) is 0 Å². The summed E-state index contributed by atoms with van der Waals surface area (Å²) in [5.74, 6) is 0.00926. The molecule has 80 valence electrons. The summed E-state index contributed by atoms with van der Waals surface area (Å²) in [5.41, 5.74) is 0. The molecule has 0 saturated carbocycles. The highest BCUT2D eigenvalue weighted by atomic mass is 16.4. The van der Waals surface area contributed by atoms with Crippen molar-refractivity contribution >= 4 is 11.8 Å². The molecule has 0 aliphatic carbocycles. The van der Waals surface area contributed by atoms with Crippen LogP contribution in [0.3, 0.4) is 0 Å². The minimum Gasteiger partial charge on any atom is -0.388 e. The van der Waals surface area contributed by atoms with E-state index in [0.717, 1.165) is 0 Å². The Bertz CT molecular complexity index is 113. The van der Waals surface area contributed by atoms with Crippen LogP contribution in [0.2, 0.25) is 0 Å². The van der Waals surface area contributed by atoms with Crippen molar-refractivity contribution in [3.63, 3.8) is 0 Å². The first kappa shape index (κ1) is 17.8. The molecule has 0 rings (SSSR count). The Morgan fingerprint density at radius 1 is 0.923 bits per heavy atom. The van der Waals surface area contributed by atoms with Gasteiger partial charge in [-0.15, -0.1) is 0 Å². The number of methoxy groups -OCH3 is 1. The fourth-order valence-electron chi connectivity index (χ4n) is 0. The van der Waals surface area contributed by atoms with Gasteiger partial charge in [0, 0.05) is 42.2 Å². The molecule has 0 saturated heterocycles. The molecule has 5 heteroatoms. The van der Waals surface area contributed by atoms with Gasteiger partial charge >= 0.3 is 0 Å². The number of hydrogen-bond acceptors (Lipinski definition) is 3. The summed E-state index contributed by atoms with van der Waals surface area (Å²) in [4.78, 5) is 19.4. The highest BCUT2D eigenvalue weighted by Crippen LogP contribution is 1.45. The van der Waals surface area contributed by atoms with Crippen LogP contribution in [0.5, 0.6) is 0 Å². The first-order valence-corrected chi connectivity index (χ1v) is 3.72. The molecule has 2 amide bonds. The van der Waals surface area contributed by atoms with Crippen LogP contribution in [0.25, 0.3) is 0 Å². The van der Waals surface area contributed by atoms with E-state index in [1.807, 2.05) is 0 Å². The van der Waals surface area contributed by atoms with E-state index in [2.05, 4.69) is 15.4 Å². The van der Waals surface area contributed by atoms with Crippen LogP contribution in [0, 0.1) is 0 Å². The lowest BCUT2D eigenvalue weighted by atomic mass is 10.7. The van der Waals surface area contributed by atoms with Gasteiger partial charge in [0.1, 0.15) is 0 Å². The van der Waals surface area contributed by atoms with E-state index in [4.69, 9.17) is 0 Å². The summed E-state index contributed by atoms with van der Waals surface area (Å²) >= 11 is 0. The van der Waals surface area contributed by atoms with Gasteiger partial charge in [0.15, 0.2) is 0 Å². The molecular weight excluding hydrogens is 172 g/mol. The number of carbonyl (C=O) groups excluding carboxylic acids is 2. The van der Waals surface area contributed by atoms with Gasteiger partial charge in [-0.05, 0) is 0 Å². The Labute approximate surface area is 79.8 Å². The van der Waals surface area contributed by atoms with Crippen LogP contribution in [0.1, 0.15) is 13.8 Å². The molecule has 0 aliphatic rings. The van der Waals surface area contributed by atoms with Gasteiger partial charge in [0.05, 0.1) is 0 Å². The highest BCUT2D eigenvalue weighted by Gasteiger charge is 1.73. The standard InChI is InChI=1S/2C3H7NO.C2H6O/c2*1-3(5)4-2;1-3-2/h2*1-2H3,(H,4,5);1-2H3. The smallest absolute Gasteiger partial charge is 0.216 e. The lowest BCUT2D eigenvalue weighted by molar-refractivity contribution is -0.119. The van der Waals surface area contributed by atoms with Gasteiger partial charge in [0.25, 0.3) is 0 Å². The van der Waals surface area contributed by atoms with Gasteiger partial charge in [0.2, 0.25) is 11.8 Å². The molecule has 0 heterocycles. The van der Waals surface area contributed by atoms with Gasteiger partial charge in [-0.1, -0.05) is 0 Å². The van der Waals surface area contributed by atoms with Crippen molar-refractivity contribution in [1.29, 1.82) is 0 Å². The molecule has 0 aromatic rings. The largest absolute Gasteiger partial charge is 0.388 e. The number of ether oxygens (including phenoxy) is 1. The summed E-state index contributed by atoms with van der Waals surface area (Å²) in [6, 6.07) is 0. The third kappa shape index (κ3) is 103. The fourth-order valence-corrected chi connectivity index (χ4v) is 0. The number of nitrogens with one attached hydrogen (secondary N) is 2. The molecular formula is C8H20N2O3. The Hall–Kier alpha value is -1.10. The number of rotatable bonds is 0. The summed E-state index contributed by atoms with van der Waals surface area (Å²) in [7, 11) is 6.45. The lowest BCUT2D eigenvalue weighted by Crippen LogP contribution is -2.11. The topological polar surface area (TPSA) is 67.4 Å². The predicted octanol–water partition coefficient (Wildman–Crippen LogP) is -0.233. The summed E-state index contributed by atoms with van der Waals surface area (Å²) in [6.07, 6.45) is 0. The van der Waals surface area contributed by atoms with Crippen molar-refractivity contribution in [1.82, 2.24) is 10.6 Å². The molecule has 0 bridgehead atoms. The van der Waals surface area contributed by atoms with E-state index in [0.29, 0.717) is 0 Å². The van der Waals surface area contributed by atoms with Gasteiger partial charge < -0.3 is 15.4 Å². The first-order chi connectivity index (χ1) is 5.95. The third-order valence-corrected chi connectivity index (χ3v) is 0.704. The monoisotopic (exact) mass is 192 g/mol. The Kier molecular flexibility index (Phi) is 23.5. The second-order valence-corrected chi connectivity index (χ2v) is 2.02. The van der Waals surface area contributed by atoms with E-state index in [1.165, 1.54) is 13.8 Å². The summed E-state index contributed by atoms with van der Waals surface area (Å²) in [5, 5.41) is 4.78. The van der Waals surface area contributed by atoms with Gasteiger partial charge in [-0.3, -0.25) is 9.59 Å². The Morgan fingerprint density at radius 3 is 1.00 bits per heavy atom. The second kappa shape index (κ2) is 17.1. The summed E-state index contributed by atoms with van der Waals surface area (Å²) < 4.78 is 4.25. The average Bonchev–Trinajstić information content (AvgIpc) is 2.07. The van der Waals surface area contributed by atoms with E-state index in [-0.39, 0.29) is 11.8 Å². The summed E-state index contributed by atoms with van der Waals surface area (Å²) in [6.45, 7) is 2.94. The highest BCUT2D eigenvalue weighted by molar-refractivity contribution is 5.72. The van der Waals surface area contributed by atoms with Crippen molar-refractivity contribution in [2.45, 2.75) is 13.8 Å². The van der Waals surface area contributed by atoms with Crippen molar-refractivity contribution < 1.29 is 14.3 Å². The predicted molar refractivity (Wildman–Crippen MR) is 52.4 cm³/mol. The zero-order valence-corrected chi connectivity index (χ0v) is 9.22. The minimum atomic E-state index is 0.00463. The van der Waals surface area contributed by atoms with E-state index in [9.17, 15) is 9.59 Å². The molecule has 0 aromatic heterocycles. The zero-order chi connectivity index (χ0) is 11.3.